The molecular formula is C16H19N3OS. The molecule has 21 heavy (non-hydrogen) atoms. The Kier molecular flexibility index (Phi) is 3.59. The fraction of sp³-hybridized carbons (Fsp3) is 0.500. The maximum Gasteiger partial charge on any atom is 0.258 e. The normalized spacial score (nSPS) is 17.9. The van der Waals surface area contributed by atoms with Gasteiger partial charge in [-0.25, -0.2) is 0 Å². The first-order valence-electron chi connectivity index (χ1n) is 7.70. The van der Waals surface area contributed by atoms with Gasteiger partial charge in [0, 0.05) is 23.0 Å². The predicted octanol–water partition coefficient (Wildman–Crippen LogP) is 3.88. The zero-order valence-corrected chi connectivity index (χ0v) is 12.8. The molecule has 1 aliphatic heterocycles. The number of nitrogens with one attached hydrogen (secondary N) is 1. The molecule has 1 aliphatic carbocycles. The molecule has 1 saturated carbocycles. The molecule has 1 aromatic carbocycles. The van der Waals surface area contributed by atoms with Crippen LogP contribution in [0.1, 0.15) is 37.1 Å². The molecule has 1 N–H and O–H groups in total. The van der Waals surface area contributed by atoms with Crippen LogP contribution < -0.4 is 5.32 Å². The molecule has 0 unspecified atom stereocenters. The van der Waals surface area contributed by atoms with E-state index < -0.39 is 0 Å². The highest BCUT2D eigenvalue weighted by Crippen LogP contribution is 2.32. The highest BCUT2D eigenvalue weighted by molar-refractivity contribution is 7.99. The number of benzene rings is 1. The summed E-state index contributed by atoms with van der Waals surface area (Å²) in [7, 11) is 0. The molecule has 0 radical (unpaired) electrons. The first-order chi connectivity index (χ1) is 10.4. The largest absolute Gasteiger partial charge is 0.384 e. The Morgan fingerprint density at radius 3 is 3.10 bits per heavy atom. The minimum atomic E-state index is 0.633. The molecule has 0 spiro atoms. The van der Waals surface area contributed by atoms with Crippen LogP contribution in [0.5, 0.6) is 0 Å². The molecule has 110 valence electrons. The monoisotopic (exact) mass is 301 g/mol. The summed E-state index contributed by atoms with van der Waals surface area (Å²) in [6.07, 6.45) is 6.52. The fourth-order valence-electron chi connectivity index (χ4n) is 3.10. The summed E-state index contributed by atoms with van der Waals surface area (Å²) in [5.74, 6) is 2.31. The second kappa shape index (κ2) is 5.72. The Bertz CT molecular complexity index is 634. The van der Waals surface area contributed by atoms with E-state index in [1.54, 1.807) is 0 Å². The number of anilines is 1. The Morgan fingerprint density at radius 1 is 1.29 bits per heavy atom. The van der Waals surface area contributed by atoms with Crippen LogP contribution in [0.2, 0.25) is 0 Å². The van der Waals surface area contributed by atoms with Crippen LogP contribution in [-0.4, -0.2) is 21.9 Å². The highest BCUT2D eigenvalue weighted by Gasteiger charge is 2.18. The van der Waals surface area contributed by atoms with Crippen LogP contribution in [0.3, 0.4) is 0 Å². The van der Waals surface area contributed by atoms with E-state index in [0.717, 1.165) is 35.4 Å². The third kappa shape index (κ3) is 2.79. The molecule has 0 atom stereocenters. The Morgan fingerprint density at radius 2 is 2.19 bits per heavy atom. The molecule has 0 amide bonds. The highest BCUT2D eigenvalue weighted by atomic mass is 32.2. The maximum absolute atomic E-state index is 5.42. The minimum Gasteiger partial charge on any atom is -0.384 e. The van der Waals surface area contributed by atoms with E-state index in [-0.39, 0.29) is 0 Å². The van der Waals surface area contributed by atoms with Crippen LogP contribution in [0.4, 0.5) is 5.69 Å². The average molecular weight is 301 g/mol. The van der Waals surface area contributed by atoms with Crippen molar-refractivity contribution < 1.29 is 4.52 Å². The van der Waals surface area contributed by atoms with Gasteiger partial charge in [0.25, 0.3) is 5.89 Å². The van der Waals surface area contributed by atoms with E-state index in [0.29, 0.717) is 5.89 Å². The van der Waals surface area contributed by atoms with Crippen molar-refractivity contribution in [1.29, 1.82) is 0 Å². The van der Waals surface area contributed by atoms with E-state index in [4.69, 9.17) is 4.52 Å². The molecule has 4 rings (SSSR count). The molecule has 0 saturated heterocycles. The van der Waals surface area contributed by atoms with Gasteiger partial charge in [-0.3, -0.25) is 0 Å². The number of hydrogen-bond donors (Lipinski definition) is 1. The smallest absolute Gasteiger partial charge is 0.258 e. The van der Waals surface area contributed by atoms with Crippen molar-refractivity contribution in [2.24, 2.45) is 0 Å². The van der Waals surface area contributed by atoms with Crippen molar-refractivity contribution in [1.82, 2.24) is 10.1 Å². The topological polar surface area (TPSA) is 51.0 Å². The van der Waals surface area contributed by atoms with Gasteiger partial charge in [0.05, 0.1) is 5.75 Å². The number of hydrogen-bond acceptors (Lipinski definition) is 5. The Hall–Kier alpha value is -1.49. The SMILES string of the molecule is c1cc2c(cc1-c1nc(CSC3CCCC3)no1)NCC2. The van der Waals surface area contributed by atoms with Gasteiger partial charge >= 0.3 is 0 Å². The first kappa shape index (κ1) is 13.2. The van der Waals surface area contributed by atoms with E-state index in [2.05, 4.69) is 33.7 Å². The van der Waals surface area contributed by atoms with Gasteiger partial charge in [-0.1, -0.05) is 24.1 Å². The Labute approximate surface area is 128 Å². The van der Waals surface area contributed by atoms with E-state index in [1.165, 1.54) is 36.9 Å². The number of aromatic nitrogens is 2. The quantitative estimate of drug-likeness (QED) is 0.928. The molecule has 1 aromatic heterocycles. The zero-order chi connectivity index (χ0) is 14.1. The fourth-order valence-corrected chi connectivity index (χ4v) is 4.27. The summed E-state index contributed by atoms with van der Waals surface area (Å²) in [6.45, 7) is 1.02. The number of thioether (sulfide) groups is 1. The van der Waals surface area contributed by atoms with Crippen molar-refractivity contribution in [3.8, 4) is 11.5 Å². The molecule has 5 heteroatoms. The van der Waals surface area contributed by atoms with E-state index >= 15 is 0 Å². The maximum atomic E-state index is 5.42. The van der Waals surface area contributed by atoms with Gasteiger partial charge in [-0.15, -0.1) is 0 Å². The second-order valence-corrected chi connectivity index (χ2v) is 7.07. The van der Waals surface area contributed by atoms with Crippen molar-refractivity contribution in [2.45, 2.75) is 43.1 Å². The number of nitrogens with zero attached hydrogens (tertiary/aromatic N) is 2. The lowest BCUT2D eigenvalue weighted by molar-refractivity contribution is 0.425. The molecule has 2 aliphatic rings. The molecular weight excluding hydrogens is 282 g/mol. The van der Waals surface area contributed by atoms with Crippen molar-refractivity contribution in [3.05, 3.63) is 29.6 Å². The van der Waals surface area contributed by atoms with E-state index in [9.17, 15) is 0 Å². The third-order valence-corrected chi connectivity index (χ3v) is 5.65. The Balaban J connectivity index is 1.46. The lowest BCUT2D eigenvalue weighted by Crippen LogP contribution is -1.95. The summed E-state index contributed by atoms with van der Waals surface area (Å²) in [5.41, 5.74) is 3.58. The van der Waals surface area contributed by atoms with Crippen LogP contribution in [-0.2, 0) is 12.2 Å². The molecule has 0 bridgehead atoms. The predicted molar refractivity (Wildman–Crippen MR) is 85.5 cm³/mol. The summed E-state index contributed by atoms with van der Waals surface area (Å²) < 4.78 is 5.42. The minimum absolute atomic E-state index is 0.633. The molecule has 2 heterocycles. The lowest BCUT2D eigenvalue weighted by Gasteiger charge is -2.04. The zero-order valence-electron chi connectivity index (χ0n) is 12.0. The van der Waals surface area contributed by atoms with Gasteiger partial charge in [0.15, 0.2) is 5.82 Å². The summed E-state index contributed by atoms with van der Waals surface area (Å²) >= 11 is 1.97. The summed E-state index contributed by atoms with van der Waals surface area (Å²) in [6, 6.07) is 6.35. The summed E-state index contributed by atoms with van der Waals surface area (Å²) in [4.78, 5) is 4.54. The van der Waals surface area contributed by atoms with Gasteiger partial charge in [-0.05, 0) is 37.0 Å². The summed E-state index contributed by atoms with van der Waals surface area (Å²) in [5, 5.41) is 8.29. The second-order valence-electron chi connectivity index (χ2n) is 5.78. The first-order valence-corrected chi connectivity index (χ1v) is 8.75. The van der Waals surface area contributed by atoms with Crippen LogP contribution in [0.15, 0.2) is 22.7 Å². The molecule has 2 aromatic rings. The molecule has 4 nitrogen and oxygen atoms in total. The van der Waals surface area contributed by atoms with Gasteiger partial charge in [0.2, 0.25) is 0 Å². The van der Waals surface area contributed by atoms with Crippen LogP contribution in [0, 0.1) is 0 Å². The van der Waals surface area contributed by atoms with Crippen molar-refractivity contribution in [3.63, 3.8) is 0 Å². The lowest BCUT2D eigenvalue weighted by atomic mass is 10.1. The molecule has 1 fully saturated rings. The van der Waals surface area contributed by atoms with Crippen LogP contribution >= 0.6 is 11.8 Å². The number of fused-ring (bicyclic) bond motifs is 1. The standard InChI is InChI=1S/C16H19N3OS/c1-2-4-13(3-1)21-10-15-18-16(20-19-15)12-6-5-11-7-8-17-14(11)9-12/h5-6,9,13,17H,1-4,7-8,10H2. The van der Waals surface area contributed by atoms with Crippen molar-refractivity contribution in [2.75, 3.05) is 11.9 Å². The van der Waals surface area contributed by atoms with Gasteiger partial charge in [0.1, 0.15) is 0 Å². The van der Waals surface area contributed by atoms with Crippen molar-refractivity contribution >= 4 is 17.4 Å². The average Bonchev–Trinajstić information content (AvgIpc) is 3.25. The van der Waals surface area contributed by atoms with Gasteiger partial charge in [-0.2, -0.15) is 16.7 Å². The van der Waals surface area contributed by atoms with Crippen LogP contribution in [0.25, 0.3) is 11.5 Å². The number of rotatable bonds is 4. The van der Waals surface area contributed by atoms with Gasteiger partial charge < -0.3 is 9.84 Å². The third-order valence-electron chi connectivity index (χ3n) is 4.29. The van der Waals surface area contributed by atoms with E-state index in [1.807, 2.05) is 11.8 Å².